The van der Waals surface area contributed by atoms with Crippen LogP contribution in [0, 0.1) is 0 Å². The van der Waals surface area contributed by atoms with Gasteiger partial charge in [-0.3, -0.25) is 0 Å². The van der Waals surface area contributed by atoms with Crippen molar-refractivity contribution in [3.63, 3.8) is 0 Å². The Balaban J connectivity index is 1.81. The summed E-state index contributed by atoms with van der Waals surface area (Å²) in [6.07, 6.45) is 3.52. The van der Waals surface area contributed by atoms with E-state index in [-0.39, 0.29) is 0 Å². The Bertz CT molecular complexity index is 631. The minimum absolute atomic E-state index is 1.07. The van der Waals surface area contributed by atoms with Gasteiger partial charge in [-0.1, -0.05) is 31.5 Å². The lowest BCUT2D eigenvalue weighted by Gasteiger charge is -2.27. The van der Waals surface area contributed by atoms with Crippen LogP contribution in [-0.4, -0.2) is 25.5 Å². The monoisotopic (exact) mass is 294 g/mol. The van der Waals surface area contributed by atoms with Gasteiger partial charge in [0.25, 0.3) is 0 Å². The van der Waals surface area contributed by atoms with Crippen LogP contribution in [0.25, 0.3) is 0 Å². The highest BCUT2D eigenvalue weighted by Crippen LogP contribution is 2.28. The Kier molecular flexibility index (Phi) is 4.49. The molecule has 22 heavy (non-hydrogen) atoms. The van der Waals surface area contributed by atoms with E-state index in [1.165, 1.54) is 34.5 Å². The lowest BCUT2D eigenvalue weighted by molar-refractivity contribution is 0.313. The standard InChI is InChI=1S/C20H26N2/c1-4-5-16-6-9-19(10-7-16)22(3)20-11-8-18-15-21(2)13-12-17(18)14-20/h6-11,14H,4-5,12-13,15H2,1-3H3. The van der Waals surface area contributed by atoms with Crippen molar-refractivity contribution in [2.45, 2.75) is 32.7 Å². The number of anilines is 2. The minimum Gasteiger partial charge on any atom is -0.345 e. The summed E-state index contributed by atoms with van der Waals surface area (Å²) in [6, 6.07) is 15.9. The zero-order valence-corrected chi connectivity index (χ0v) is 14.0. The number of hydrogen-bond donors (Lipinski definition) is 0. The van der Waals surface area contributed by atoms with Crippen LogP contribution in [0.15, 0.2) is 42.5 Å². The van der Waals surface area contributed by atoms with E-state index >= 15 is 0 Å². The molecule has 0 spiro atoms. The quantitative estimate of drug-likeness (QED) is 0.825. The van der Waals surface area contributed by atoms with E-state index in [0.717, 1.165) is 25.9 Å². The number of fused-ring (bicyclic) bond motifs is 1. The number of likely N-dealkylation sites (N-methyl/N-ethyl adjacent to an activating group) is 1. The zero-order chi connectivity index (χ0) is 15.5. The van der Waals surface area contributed by atoms with Crippen LogP contribution in [0.1, 0.15) is 30.0 Å². The molecule has 2 aromatic carbocycles. The number of aryl methyl sites for hydroxylation is 1. The van der Waals surface area contributed by atoms with Crippen LogP contribution in [0.4, 0.5) is 11.4 Å². The van der Waals surface area contributed by atoms with Gasteiger partial charge in [-0.25, -0.2) is 0 Å². The van der Waals surface area contributed by atoms with Crippen LogP contribution < -0.4 is 4.90 Å². The maximum Gasteiger partial charge on any atom is 0.0411 e. The topological polar surface area (TPSA) is 6.48 Å². The smallest absolute Gasteiger partial charge is 0.0411 e. The molecule has 0 atom stereocenters. The molecule has 0 saturated heterocycles. The van der Waals surface area contributed by atoms with Crippen LogP contribution in [0.3, 0.4) is 0 Å². The summed E-state index contributed by atoms with van der Waals surface area (Å²) >= 11 is 0. The average molecular weight is 294 g/mol. The molecule has 0 saturated carbocycles. The van der Waals surface area contributed by atoms with Crippen molar-refractivity contribution in [3.8, 4) is 0 Å². The van der Waals surface area contributed by atoms with Gasteiger partial charge in [-0.15, -0.1) is 0 Å². The SMILES string of the molecule is CCCc1ccc(N(C)c2ccc3c(c2)CCN(C)C3)cc1. The van der Waals surface area contributed by atoms with Crippen molar-refractivity contribution in [1.29, 1.82) is 0 Å². The maximum atomic E-state index is 2.39. The van der Waals surface area contributed by atoms with E-state index in [0.29, 0.717) is 0 Å². The fraction of sp³-hybridized carbons (Fsp3) is 0.400. The van der Waals surface area contributed by atoms with Crippen LogP contribution in [0.2, 0.25) is 0 Å². The third kappa shape index (κ3) is 3.17. The lowest BCUT2D eigenvalue weighted by Crippen LogP contribution is -2.26. The second-order valence-corrected chi connectivity index (χ2v) is 6.42. The van der Waals surface area contributed by atoms with Gasteiger partial charge in [0.1, 0.15) is 0 Å². The molecule has 0 bridgehead atoms. The summed E-state index contributed by atoms with van der Waals surface area (Å²) in [5.74, 6) is 0. The van der Waals surface area contributed by atoms with Crippen LogP contribution >= 0.6 is 0 Å². The summed E-state index contributed by atoms with van der Waals surface area (Å²) in [5, 5.41) is 0. The Morgan fingerprint density at radius 1 is 1.00 bits per heavy atom. The first-order valence-electron chi connectivity index (χ1n) is 8.30. The molecule has 0 fully saturated rings. The molecule has 2 heteroatoms. The molecule has 0 N–H and O–H groups in total. The molecule has 0 radical (unpaired) electrons. The molecule has 1 aliphatic rings. The first-order valence-corrected chi connectivity index (χ1v) is 8.30. The zero-order valence-electron chi connectivity index (χ0n) is 14.0. The molecule has 1 aliphatic heterocycles. The number of nitrogens with zero attached hydrogens (tertiary/aromatic N) is 2. The van der Waals surface area contributed by atoms with E-state index in [9.17, 15) is 0 Å². The van der Waals surface area contributed by atoms with E-state index < -0.39 is 0 Å². The summed E-state index contributed by atoms with van der Waals surface area (Å²) in [4.78, 5) is 4.67. The number of hydrogen-bond acceptors (Lipinski definition) is 2. The molecule has 0 amide bonds. The van der Waals surface area contributed by atoms with Gasteiger partial charge in [-0.2, -0.15) is 0 Å². The molecular formula is C20H26N2. The molecular weight excluding hydrogens is 268 g/mol. The van der Waals surface area contributed by atoms with Gasteiger partial charge >= 0.3 is 0 Å². The van der Waals surface area contributed by atoms with E-state index in [4.69, 9.17) is 0 Å². The molecule has 3 rings (SSSR count). The third-order valence-electron chi connectivity index (χ3n) is 4.64. The van der Waals surface area contributed by atoms with E-state index in [1.807, 2.05) is 0 Å². The molecule has 0 aromatic heterocycles. The largest absolute Gasteiger partial charge is 0.345 e. The van der Waals surface area contributed by atoms with Gasteiger partial charge in [-0.05, 0) is 60.8 Å². The normalized spacial score (nSPS) is 14.7. The summed E-state index contributed by atoms with van der Waals surface area (Å²) in [5.41, 5.74) is 6.95. The Labute approximate surface area is 134 Å². The average Bonchev–Trinajstić information content (AvgIpc) is 2.55. The van der Waals surface area contributed by atoms with E-state index in [1.54, 1.807) is 0 Å². The van der Waals surface area contributed by atoms with Crippen molar-refractivity contribution >= 4 is 11.4 Å². The first-order chi connectivity index (χ1) is 10.7. The van der Waals surface area contributed by atoms with Gasteiger partial charge in [0.15, 0.2) is 0 Å². The minimum atomic E-state index is 1.07. The van der Waals surface area contributed by atoms with Gasteiger partial charge in [0, 0.05) is 31.5 Å². The predicted octanol–water partition coefficient (Wildman–Crippen LogP) is 4.39. The van der Waals surface area contributed by atoms with Crippen molar-refractivity contribution in [3.05, 3.63) is 59.2 Å². The maximum absolute atomic E-state index is 2.39. The second kappa shape index (κ2) is 6.53. The van der Waals surface area contributed by atoms with Gasteiger partial charge < -0.3 is 9.80 Å². The Hall–Kier alpha value is -1.80. The summed E-state index contributed by atoms with van der Waals surface area (Å²) in [6.45, 7) is 4.46. The first kappa shape index (κ1) is 15.1. The Morgan fingerprint density at radius 3 is 2.45 bits per heavy atom. The molecule has 0 unspecified atom stereocenters. The molecule has 2 nitrogen and oxygen atoms in total. The summed E-state index contributed by atoms with van der Waals surface area (Å²) < 4.78 is 0. The lowest BCUT2D eigenvalue weighted by atomic mass is 9.99. The van der Waals surface area contributed by atoms with Crippen molar-refractivity contribution < 1.29 is 0 Å². The molecule has 1 heterocycles. The molecule has 0 aliphatic carbocycles. The highest BCUT2D eigenvalue weighted by molar-refractivity contribution is 5.64. The van der Waals surface area contributed by atoms with E-state index in [2.05, 4.69) is 73.3 Å². The Morgan fingerprint density at radius 2 is 1.73 bits per heavy atom. The second-order valence-electron chi connectivity index (χ2n) is 6.42. The van der Waals surface area contributed by atoms with Crippen LogP contribution in [-0.2, 0) is 19.4 Å². The van der Waals surface area contributed by atoms with Crippen molar-refractivity contribution in [2.75, 3.05) is 25.5 Å². The predicted molar refractivity (Wildman–Crippen MR) is 95.0 cm³/mol. The van der Waals surface area contributed by atoms with Crippen molar-refractivity contribution in [1.82, 2.24) is 4.90 Å². The number of benzene rings is 2. The molecule has 116 valence electrons. The highest BCUT2D eigenvalue weighted by Gasteiger charge is 2.14. The van der Waals surface area contributed by atoms with Gasteiger partial charge in [0.2, 0.25) is 0 Å². The summed E-state index contributed by atoms with van der Waals surface area (Å²) in [7, 11) is 4.35. The van der Waals surface area contributed by atoms with Crippen LogP contribution in [0.5, 0.6) is 0 Å². The highest BCUT2D eigenvalue weighted by atomic mass is 15.1. The number of rotatable bonds is 4. The third-order valence-corrected chi connectivity index (χ3v) is 4.64. The molecule has 2 aromatic rings. The fourth-order valence-electron chi connectivity index (χ4n) is 3.21. The van der Waals surface area contributed by atoms with Gasteiger partial charge in [0.05, 0.1) is 0 Å². The fourth-order valence-corrected chi connectivity index (χ4v) is 3.21. The van der Waals surface area contributed by atoms with Crippen molar-refractivity contribution in [2.24, 2.45) is 0 Å².